The number of fused-ring (bicyclic) bond motifs is 1. The van der Waals surface area contributed by atoms with Crippen LogP contribution in [0.3, 0.4) is 0 Å². The summed E-state index contributed by atoms with van der Waals surface area (Å²) in [5.41, 5.74) is 1.31. The maximum Gasteiger partial charge on any atom is 0.244 e. The van der Waals surface area contributed by atoms with Crippen LogP contribution in [0.5, 0.6) is 11.5 Å². The number of nitrogens with zero attached hydrogens (tertiary/aromatic N) is 2. The lowest BCUT2D eigenvalue weighted by molar-refractivity contribution is -0.138. The highest BCUT2D eigenvalue weighted by atomic mass is 32.2. The minimum absolute atomic E-state index is 0.191. The Balaban J connectivity index is 1.88. The summed E-state index contributed by atoms with van der Waals surface area (Å²) in [6.45, 7) is 3.74. The van der Waals surface area contributed by atoms with Crippen LogP contribution >= 0.6 is 0 Å². The lowest BCUT2D eigenvalue weighted by atomic mass is 10.1. The van der Waals surface area contributed by atoms with Crippen molar-refractivity contribution in [3.8, 4) is 11.5 Å². The van der Waals surface area contributed by atoms with Crippen LogP contribution in [0.4, 0.5) is 5.69 Å². The summed E-state index contributed by atoms with van der Waals surface area (Å²) >= 11 is 0. The third-order valence-corrected chi connectivity index (χ3v) is 7.43. The predicted octanol–water partition coefficient (Wildman–Crippen LogP) is 1.82. The zero-order chi connectivity index (χ0) is 24.7. The molecule has 9 nitrogen and oxygen atoms in total. The Bertz CT molecular complexity index is 1110. The molecule has 0 saturated heterocycles. The Morgan fingerprint density at radius 3 is 2.38 bits per heavy atom. The third-order valence-electron chi connectivity index (χ3n) is 5.69. The number of benzene rings is 2. The van der Waals surface area contributed by atoms with Crippen molar-refractivity contribution in [2.24, 2.45) is 0 Å². The van der Waals surface area contributed by atoms with E-state index in [1.54, 1.807) is 25.1 Å². The van der Waals surface area contributed by atoms with Gasteiger partial charge in [0.05, 0.1) is 11.4 Å². The molecule has 0 unspecified atom stereocenters. The van der Waals surface area contributed by atoms with Gasteiger partial charge in [0.25, 0.3) is 0 Å². The quantitative estimate of drug-likeness (QED) is 0.546. The second-order valence-electron chi connectivity index (χ2n) is 7.85. The Morgan fingerprint density at radius 2 is 1.74 bits per heavy atom. The number of amides is 2. The van der Waals surface area contributed by atoms with E-state index in [1.807, 2.05) is 30.3 Å². The van der Waals surface area contributed by atoms with Crippen molar-refractivity contribution in [1.82, 2.24) is 10.2 Å². The zero-order valence-electron chi connectivity index (χ0n) is 19.7. The number of carbonyl (C=O) groups excluding carboxylic acids is 2. The first-order valence-corrected chi connectivity index (χ1v) is 12.8. The number of carbonyl (C=O) groups is 2. The third kappa shape index (κ3) is 5.99. The average molecular weight is 490 g/mol. The molecule has 0 fully saturated rings. The fourth-order valence-corrected chi connectivity index (χ4v) is 4.74. The number of hydrogen-bond acceptors (Lipinski definition) is 6. The average Bonchev–Trinajstić information content (AvgIpc) is 2.86. The van der Waals surface area contributed by atoms with Crippen LogP contribution in [0.15, 0.2) is 48.5 Å². The molecule has 34 heavy (non-hydrogen) atoms. The number of likely N-dealkylation sites (N-methyl/N-ethyl adjacent to an activating group) is 1. The summed E-state index contributed by atoms with van der Waals surface area (Å²) in [6.07, 6.45) is 0.526. The molecular weight excluding hydrogens is 458 g/mol. The molecule has 0 radical (unpaired) electrons. The van der Waals surface area contributed by atoms with Crippen LogP contribution < -0.4 is 19.1 Å². The van der Waals surface area contributed by atoms with E-state index in [9.17, 15) is 18.0 Å². The van der Waals surface area contributed by atoms with E-state index >= 15 is 0 Å². The predicted molar refractivity (Wildman–Crippen MR) is 130 cm³/mol. The Labute approximate surface area is 200 Å². The molecule has 1 heterocycles. The second kappa shape index (κ2) is 11.2. The summed E-state index contributed by atoms with van der Waals surface area (Å²) in [4.78, 5) is 27.2. The standard InChI is InChI=1S/C24H31N3O6S/c1-4-34(30,31)27(20-10-11-21-22(16-20)33-15-14-32-21)17-23(28)26(18(2)24(29)25-3)13-12-19-8-6-5-7-9-19/h5-11,16,18H,4,12-15,17H2,1-3H3,(H,25,29)/t18-/m1/s1. The van der Waals surface area contributed by atoms with Gasteiger partial charge in [0.15, 0.2) is 11.5 Å². The van der Waals surface area contributed by atoms with Crippen molar-refractivity contribution >= 4 is 27.5 Å². The molecule has 0 aliphatic carbocycles. The number of hydrogen-bond donors (Lipinski definition) is 1. The van der Waals surface area contributed by atoms with Crippen LogP contribution in [-0.4, -0.2) is 70.3 Å². The number of sulfonamides is 1. The lowest BCUT2D eigenvalue weighted by Crippen LogP contribution is -2.52. The van der Waals surface area contributed by atoms with Crippen molar-refractivity contribution in [3.63, 3.8) is 0 Å². The summed E-state index contributed by atoms with van der Waals surface area (Å²) < 4.78 is 38.1. The zero-order valence-corrected chi connectivity index (χ0v) is 20.5. The second-order valence-corrected chi connectivity index (χ2v) is 10.0. The van der Waals surface area contributed by atoms with Crippen molar-refractivity contribution in [1.29, 1.82) is 0 Å². The van der Waals surface area contributed by atoms with Gasteiger partial charge in [-0.2, -0.15) is 0 Å². The molecule has 10 heteroatoms. The molecule has 0 bridgehead atoms. The number of rotatable bonds is 10. The fraction of sp³-hybridized carbons (Fsp3) is 0.417. The van der Waals surface area contributed by atoms with Crippen LogP contribution in [0.25, 0.3) is 0 Å². The normalized spacial score (nSPS) is 13.6. The molecule has 184 valence electrons. The van der Waals surface area contributed by atoms with Crippen LogP contribution in [0.2, 0.25) is 0 Å². The first-order valence-electron chi connectivity index (χ1n) is 11.2. The highest BCUT2D eigenvalue weighted by Gasteiger charge is 2.31. The fourth-order valence-electron chi connectivity index (χ4n) is 3.69. The molecule has 1 aliphatic rings. The van der Waals surface area contributed by atoms with E-state index in [4.69, 9.17) is 9.47 Å². The van der Waals surface area contributed by atoms with Crippen LogP contribution in [-0.2, 0) is 26.0 Å². The van der Waals surface area contributed by atoms with Crippen molar-refractivity contribution in [2.75, 3.05) is 43.4 Å². The SMILES string of the molecule is CCS(=O)(=O)N(CC(=O)N(CCc1ccccc1)[C@H](C)C(=O)NC)c1ccc2c(c1)OCCO2. The molecule has 1 atom stereocenters. The Kier molecular flexibility index (Phi) is 8.38. The van der Waals surface area contributed by atoms with Crippen molar-refractivity contribution < 1.29 is 27.5 Å². The van der Waals surface area contributed by atoms with Crippen molar-refractivity contribution in [3.05, 3.63) is 54.1 Å². The lowest BCUT2D eigenvalue weighted by Gasteiger charge is -2.32. The maximum atomic E-state index is 13.4. The smallest absolute Gasteiger partial charge is 0.244 e. The van der Waals surface area contributed by atoms with E-state index in [-0.39, 0.29) is 18.2 Å². The summed E-state index contributed by atoms with van der Waals surface area (Å²) in [7, 11) is -2.30. The van der Waals surface area contributed by atoms with E-state index < -0.39 is 28.5 Å². The van der Waals surface area contributed by atoms with Gasteiger partial charge in [-0.15, -0.1) is 0 Å². The minimum Gasteiger partial charge on any atom is -0.486 e. The largest absolute Gasteiger partial charge is 0.486 e. The first-order chi connectivity index (χ1) is 16.3. The molecule has 2 amide bonds. The highest BCUT2D eigenvalue weighted by Crippen LogP contribution is 2.35. The van der Waals surface area contributed by atoms with Crippen LogP contribution in [0, 0.1) is 0 Å². The molecule has 0 spiro atoms. The molecule has 2 aromatic rings. The number of anilines is 1. The topological polar surface area (TPSA) is 105 Å². The van der Waals surface area contributed by atoms with Gasteiger partial charge in [-0.1, -0.05) is 30.3 Å². The molecule has 1 aliphatic heterocycles. The van der Waals surface area contributed by atoms with E-state index in [0.717, 1.165) is 9.87 Å². The molecular formula is C24H31N3O6S. The van der Waals surface area contributed by atoms with E-state index in [1.165, 1.54) is 18.9 Å². The maximum absolute atomic E-state index is 13.4. The van der Waals surface area contributed by atoms with Gasteiger partial charge in [-0.05, 0) is 38.0 Å². The van der Waals surface area contributed by atoms with Crippen molar-refractivity contribution in [2.45, 2.75) is 26.3 Å². The van der Waals surface area contributed by atoms with E-state index in [0.29, 0.717) is 36.8 Å². The Morgan fingerprint density at radius 1 is 1.06 bits per heavy atom. The summed E-state index contributed by atoms with van der Waals surface area (Å²) in [5, 5.41) is 2.56. The summed E-state index contributed by atoms with van der Waals surface area (Å²) in [6, 6.07) is 13.6. The number of nitrogens with one attached hydrogen (secondary N) is 1. The highest BCUT2D eigenvalue weighted by molar-refractivity contribution is 7.92. The van der Waals surface area contributed by atoms with Gasteiger partial charge in [0, 0.05) is 19.7 Å². The monoisotopic (exact) mass is 489 g/mol. The molecule has 3 rings (SSSR count). The molecule has 1 N–H and O–H groups in total. The van der Waals surface area contributed by atoms with E-state index in [2.05, 4.69) is 5.32 Å². The van der Waals surface area contributed by atoms with Gasteiger partial charge < -0.3 is 19.7 Å². The van der Waals surface area contributed by atoms with Gasteiger partial charge in [-0.25, -0.2) is 8.42 Å². The summed E-state index contributed by atoms with van der Waals surface area (Å²) in [5.74, 6) is -0.0475. The van der Waals surface area contributed by atoms with Gasteiger partial charge in [0.1, 0.15) is 25.8 Å². The van der Waals surface area contributed by atoms with Gasteiger partial charge in [-0.3, -0.25) is 13.9 Å². The minimum atomic E-state index is -3.80. The van der Waals surface area contributed by atoms with Gasteiger partial charge in [0.2, 0.25) is 21.8 Å². The van der Waals surface area contributed by atoms with Gasteiger partial charge >= 0.3 is 0 Å². The molecule has 0 aromatic heterocycles. The van der Waals surface area contributed by atoms with Crippen LogP contribution in [0.1, 0.15) is 19.4 Å². The first kappa shape index (κ1) is 25.4. The number of ether oxygens (including phenoxy) is 2. The molecule has 0 saturated carbocycles. The molecule has 2 aromatic carbocycles. The Hall–Kier alpha value is -3.27.